The third kappa shape index (κ3) is 2.64. The summed E-state index contributed by atoms with van der Waals surface area (Å²) in [5.41, 5.74) is 6.37. The van der Waals surface area contributed by atoms with Gasteiger partial charge in [0.25, 0.3) is 5.91 Å². The highest BCUT2D eigenvalue weighted by Gasteiger charge is 2.39. The maximum atomic E-state index is 11.8. The van der Waals surface area contributed by atoms with Crippen molar-refractivity contribution >= 4 is 11.8 Å². The summed E-state index contributed by atoms with van der Waals surface area (Å²) in [7, 11) is 0. The smallest absolute Gasteiger partial charge is 0.269 e. The Morgan fingerprint density at radius 3 is 2.47 bits per heavy atom. The van der Waals surface area contributed by atoms with E-state index in [1.54, 1.807) is 12.1 Å². The van der Waals surface area contributed by atoms with Crippen molar-refractivity contribution in [2.75, 3.05) is 0 Å². The van der Waals surface area contributed by atoms with Crippen molar-refractivity contribution in [2.24, 2.45) is 11.8 Å². The molecule has 90 valence electrons. The first-order valence-corrected chi connectivity index (χ1v) is 5.75. The van der Waals surface area contributed by atoms with Gasteiger partial charge in [0, 0.05) is 11.5 Å². The first-order chi connectivity index (χ1) is 8.09. The van der Waals surface area contributed by atoms with Gasteiger partial charge in [0.05, 0.1) is 0 Å². The second-order valence-electron chi connectivity index (χ2n) is 4.58. The van der Waals surface area contributed by atoms with E-state index in [4.69, 9.17) is 0 Å². The van der Waals surface area contributed by atoms with Crippen LogP contribution in [0.1, 0.15) is 29.3 Å². The number of nitrogens with one attached hydrogen (secondary N) is 2. The summed E-state index contributed by atoms with van der Waals surface area (Å²) in [4.78, 5) is 23.3. The van der Waals surface area contributed by atoms with Crippen LogP contribution >= 0.6 is 0 Å². The van der Waals surface area contributed by atoms with Gasteiger partial charge in [0.1, 0.15) is 0 Å². The number of benzene rings is 1. The third-order valence-electron chi connectivity index (χ3n) is 3.14. The van der Waals surface area contributed by atoms with Crippen LogP contribution < -0.4 is 10.9 Å². The van der Waals surface area contributed by atoms with E-state index in [1.165, 1.54) is 0 Å². The van der Waals surface area contributed by atoms with Crippen LogP contribution in [0.15, 0.2) is 24.3 Å². The van der Waals surface area contributed by atoms with Crippen LogP contribution in [0.4, 0.5) is 0 Å². The molecule has 0 radical (unpaired) electrons. The molecule has 0 aliphatic heterocycles. The maximum Gasteiger partial charge on any atom is 0.269 e. The summed E-state index contributed by atoms with van der Waals surface area (Å²) < 4.78 is 0. The number of carbonyl (C=O) groups is 2. The molecule has 0 aromatic heterocycles. The molecule has 1 aliphatic carbocycles. The Labute approximate surface area is 100 Å². The SMILES string of the molecule is Cc1ccccc1C(=O)NNC(=O)C1CC1C. The van der Waals surface area contributed by atoms with E-state index in [9.17, 15) is 9.59 Å². The zero-order valence-corrected chi connectivity index (χ0v) is 9.99. The molecule has 1 aliphatic rings. The van der Waals surface area contributed by atoms with Crippen molar-refractivity contribution in [1.29, 1.82) is 0 Å². The molecule has 2 N–H and O–H groups in total. The lowest BCUT2D eigenvalue weighted by Gasteiger charge is -2.08. The fourth-order valence-corrected chi connectivity index (χ4v) is 1.79. The molecule has 2 atom stereocenters. The highest BCUT2D eigenvalue weighted by molar-refractivity contribution is 5.96. The molecule has 1 aromatic carbocycles. The quantitative estimate of drug-likeness (QED) is 0.757. The molecular formula is C13H16N2O2. The number of hydrogen-bond donors (Lipinski definition) is 2. The normalized spacial score (nSPS) is 21.8. The van der Waals surface area contributed by atoms with E-state index >= 15 is 0 Å². The van der Waals surface area contributed by atoms with Crippen LogP contribution in [0.5, 0.6) is 0 Å². The summed E-state index contributed by atoms with van der Waals surface area (Å²) in [5, 5.41) is 0. The molecule has 0 heterocycles. The van der Waals surface area contributed by atoms with Crippen molar-refractivity contribution in [3.05, 3.63) is 35.4 Å². The van der Waals surface area contributed by atoms with Gasteiger partial charge in [-0.3, -0.25) is 20.4 Å². The van der Waals surface area contributed by atoms with Crippen LogP contribution in [0, 0.1) is 18.8 Å². The van der Waals surface area contributed by atoms with Crippen molar-refractivity contribution in [3.8, 4) is 0 Å². The molecule has 1 aromatic rings. The minimum absolute atomic E-state index is 0.0622. The van der Waals surface area contributed by atoms with Crippen LogP contribution in [0.3, 0.4) is 0 Å². The Kier molecular flexibility index (Phi) is 3.13. The molecule has 1 saturated carbocycles. The molecule has 0 saturated heterocycles. The molecule has 2 unspecified atom stereocenters. The summed E-state index contributed by atoms with van der Waals surface area (Å²) in [6, 6.07) is 7.26. The van der Waals surface area contributed by atoms with Crippen LogP contribution in [0.2, 0.25) is 0 Å². The third-order valence-corrected chi connectivity index (χ3v) is 3.14. The largest absolute Gasteiger partial charge is 0.273 e. The average Bonchev–Trinajstić information content (AvgIpc) is 3.03. The molecule has 2 amide bonds. The van der Waals surface area contributed by atoms with Gasteiger partial charge in [-0.2, -0.15) is 0 Å². The number of carbonyl (C=O) groups excluding carboxylic acids is 2. The Hall–Kier alpha value is -1.84. The highest BCUT2D eigenvalue weighted by Crippen LogP contribution is 2.37. The summed E-state index contributed by atoms with van der Waals surface area (Å²) in [6.45, 7) is 3.88. The zero-order valence-electron chi connectivity index (χ0n) is 9.99. The summed E-state index contributed by atoms with van der Waals surface area (Å²) in [6.07, 6.45) is 0.909. The van der Waals surface area contributed by atoms with E-state index < -0.39 is 0 Å². The Balaban J connectivity index is 1.89. The number of rotatable bonds is 2. The fourth-order valence-electron chi connectivity index (χ4n) is 1.79. The van der Waals surface area contributed by atoms with Gasteiger partial charge >= 0.3 is 0 Å². The van der Waals surface area contributed by atoms with Gasteiger partial charge in [-0.05, 0) is 30.9 Å². The molecule has 0 spiro atoms. The van der Waals surface area contributed by atoms with Gasteiger partial charge in [-0.1, -0.05) is 25.1 Å². The van der Waals surface area contributed by atoms with Crippen molar-refractivity contribution in [3.63, 3.8) is 0 Å². The summed E-state index contributed by atoms with van der Waals surface area (Å²) in [5.74, 6) is 0.127. The first-order valence-electron chi connectivity index (χ1n) is 5.75. The Morgan fingerprint density at radius 2 is 1.88 bits per heavy atom. The number of aryl methyl sites for hydroxylation is 1. The molecule has 1 fully saturated rings. The predicted molar refractivity (Wildman–Crippen MR) is 64.1 cm³/mol. The van der Waals surface area contributed by atoms with Gasteiger partial charge in [0.2, 0.25) is 5.91 Å². The second kappa shape index (κ2) is 4.57. The lowest BCUT2D eigenvalue weighted by atomic mass is 10.1. The van der Waals surface area contributed by atoms with E-state index in [2.05, 4.69) is 10.9 Å². The van der Waals surface area contributed by atoms with E-state index in [1.807, 2.05) is 26.0 Å². The van der Waals surface area contributed by atoms with E-state index in [-0.39, 0.29) is 17.7 Å². The minimum Gasteiger partial charge on any atom is -0.273 e. The van der Waals surface area contributed by atoms with Gasteiger partial charge < -0.3 is 0 Å². The Bertz CT molecular complexity index is 456. The molecule has 17 heavy (non-hydrogen) atoms. The molecule has 4 nitrogen and oxygen atoms in total. The van der Waals surface area contributed by atoms with Crippen LogP contribution in [0.25, 0.3) is 0 Å². The Morgan fingerprint density at radius 1 is 1.24 bits per heavy atom. The van der Waals surface area contributed by atoms with Gasteiger partial charge in [-0.25, -0.2) is 0 Å². The minimum atomic E-state index is -0.273. The molecule has 4 heteroatoms. The molecule has 2 rings (SSSR count). The monoisotopic (exact) mass is 232 g/mol. The van der Waals surface area contributed by atoms with Gasteiger partial charge in [0.15, 0.2) is 0 Å². The van der Waals surface area contributed by atoms with E-state index in [0.29, 0.717) is 11.5 Å². The fraction of sp³-hybridized carbons (Fsp3) is 0.385. The standard InChI is InChI=1S/C13H16N2O2/c1-8-5-3-4-6-10(8)12(16)14-15-13(17)11-7-9(11)2/h3-6,9,11H,7H2,1-2H3,(H,14,16)(H,15,17). The van der Waals surface area contributed by atoms with Crippen molar-refractivity contribution < 1.29 is 9.59 Å². The first kappa shape index (κ1) is 11.6. The summed E-state index contributed by atoms with van der Waals surface area (Å²) >= 11 is 0. The average molecular weight is 232 g/mol. The number of amides is 2. The van der Waals surface area contributed by atoms with E-state index in [0.717, 1.165) is 12.0 Å². The highest BCUT2D eigenvalue weighted by atomic mass is 16.2. The zero-order chi connectivity index (χ0) is 12.4. The van der Waals surface area contributed by atoms with Crippen molar-refractivity contribution in [1.82, 2.24) is 10.9 Å². The van der Waals surface area contributed by atoms with Crippen molar-refractivity contribution in [2.45, 2.75) is 20.3 Å². The topological polar surface area (TPSA) is 58.2 Å². The predicted octanol–water partition coefficient (Wildman–Crippen LogP) is 1.41. The van der Waals surface area contributed by atoms with Crippen LogP contribution in [-0.4, -0.2) is 11.8 Å². The van der Waals surface area contributed by atoms with Gasteiger partial charge in [-0.15, -0.1) is 0 Å². The maximum absolute atomic E-state index is 11.8. The lowest BCUT2D eigenvalue weighted by Crippen LogP contribution is -2.42. The molecule has 0 bridgehead atoms. The second-order valence-corrected chi connectivity index (χ2v) is 4.58. The van der Waals surface area contributed by atoms with Crippen LogP contribution in [-0.2, 0) is 4.79 Å². The number of hydrazine groups is 1. The molecular weight excluding hydrogens is 216 g/mol. The number of hydrogen-bond acceptors (Lipinski definition) is 2. The lowest BCUT2D eigenvalue weighted by molar-refractivity contribution is -0.123.